The van der Waals surface area contributed by atoms with Gasteiger partial charge in [0.1, 0.15) is 5.82 Å². The standard InChI is InChI=1S/C21H22FN3O6/c1-12(26)7-8-25(2)21(29)20(28)24-16-10-14(4-5-15(16)22)23-19(27)13-3-6-17-18(9-13)31-11-30-17/h3-6,9-10,12,26H,7-8,11H2,1-2H3,(H,23,27)(H,24,28)/t12-/m1/s1. The molecular formula is C21H22FN3O6. The van der Waals surface area contributed by atoms with Crippen molar-refractivity contribution in [3.63, 3.8) is 0 Å². The molecule has 164 valence electrons. The van der Waals surface area contributed by atoms with Gasteiger partial charge >= 0.3 is 11.8 Å². The maximum absolute atomic E-state index is 14.1. The average molecular weight is 431 g/mol. The molecule has 0 spiro atoms. The topological polar surface area (TPSA) is 117 Å². The Morgan fingerprint density at radius 3 is 2.61 bits per heavy atom. The van der Waals surface area contributed by atoms with Crippen molar-refractivity contribution in [3.8, 4) is 11.5 Å². The van der Waals surface area contributed by atoms with E-state index in [1.807, 2.05) is 0 Å². The highest BCUT2D eigenvalue weighted by Crippen LogP contribution is 2.32. The first-order valence-electron chi connectivity index (χ1n) is 9.49. The molecular weight excluding hydrogens is 409 g/mol. The van der Waals surface area contributed by atoms with E-state index in [0.29, 0.717) is 23.5 Å². The molecule has 2 aromatic rings. The van der Waals surface area contributed by atoms with Crippen LogP contribution in [0.2, 0.25) is 0 Å². The second-order valence-corrected chi connectivity index (χ2v) is 7.04. The number of aliphatic hydroxyl groups is 1. The largest absolute Gasteiger partial charge is 0.454 e. The Balaban J connectivity index is 1.66. The highest BCUT2D eigenvalue weighted by Gasteiger charge is 2.21. The summed E-state index contributed by atoms with van der Waals surface area (Å²) in [7, 11) is 1.41. The van der Waals surface area contributed by atoms with Crippen LogP contribution in [0.4, 0.5) is 15.8 Å². The van der Waals surface area contributed by atoms with Crippen molar-refractivity contribution in [2.75, 3.05) is 31.0 Å². The number of ether oxygens (including phenoxy) is 2. The Kier molecular flexibility index (Phi) is 6.71. The maximum atomic E-state index is 14.1. The summed E-state index contributed by atoms with van der Waals surface area (Å²) in [6, 6.07) is 8.27. The molecule has 0 radical (unpaired) electrons. The fraction of sp³-hybridized carbons (Fsp3) is 0.286. The zero-order valence-electron chi connectivity index (χ0n) is 17.0. The van der Waals surface area contributed by atoms with Gasteiger partial charge in [-0.3, -0.25) is 14.4 Å². The van der Waals surface area contributed by atoms with E-state index in [-0.39, 0.29) is 24.7 Å². The van der Waals surface area contributed by atoms with Gasteiger partial charge in [-0.05, 0) is 49.7 Å². The van der Waals surface area contributed by atoms with Gasteiger partial charge in [0.25, 0.3) is 5.91 Å². The Bertz CT molecular complexity index is 1010. The summed E-state index contributed by atoms with van der Waals surface area (Å²) in [5, 5.41) is 14.1. The molecule has 1 aliphatic rings. The van der Waals surface area contributed by atoms with Gasteiger partial charge in [0.15, 0.2) is 11.5 Å². The SMILES string of the molecule is C[C@@H](O)CCN(C)C(=O)C(=O)Nc1cc(NC(=O)c2ccc3c(c2)OCO3)ccc1F. The van der Waals surface area contributed by atoms with Gasteiger partial charge < -0.3 is 30.1 Å². The smallest absolute Gasteiger partial charge is 0.313 e. The van der Waals surface area contributed by atoms with E-state index < -0.39 is 29.6 Å². The van der Waals surface area contributed by atoms with E-state index >= 15 is 0 Å². The Labute approximate surface area is 177 Å². The van der Waals surface area contributed by atoms with Crippen molar-refractivity contribution < 1.29 is 33.4 Å². The molecule has 0 saturated carbocycles. The summed E-state index contributed by atoms with van der Waals surface area (Å²) in [6.45, 7) is 1.81. The van der Waals surface area contributed by atoms with Gasteiger partial charge in [0, 0.05) is 24.8 Å². The number of nitrogens with one attached hydrogen (secondary N) is 2. The van der Waals surface area contributed by atoms with Crippen molar-refractivity contribution in [3.05, 3.63) is 47.8 Å². The number of carbonyl (C=O) groups excluding carboxylic acids is 3. The number of carbonyl (C=O) groups is 3. The molecule has 1 heterocycles. The highest BCUT2D eigenvalue weighted by molar-refractivity contribution is 6.39. The van der Waals surface area contributed by atoms with Crippen LogP contribution >= 0.6 is 0 Å². The lowest BCUT2D eigenvalue weighted by atomic mass is 10.1. The van der Waals surface area contributed by atoms with Crippen LogP contribution in [0, 0.1) is 5.82 Å². The van der Waals surface area contributed by atoms with E-state index in [0.717, 1.165) is 11.0 Å². The Morgan fingerprint density at radius 2 is 1.87 bits per heavy atom. The minimum atomic E-state index is -1.04. The second-order valence-electron chi connectivity index (χ2n) is 7.04. The Morgan fingerprint density at radius 1 is 1.13 bits per heavy atom. The predicted octanol–water partition coefficient (Wildman–Crippen LogP) is 1.97. The lowest BCUT2D eigenvalue weighted by molar-refractivity contribution is -0.142. The minimum absolute atomic E-state index is 0.0777. The monoisotopic (exact) mass is 431 g/mol. The second kappa shape index (κ2) is 9.43. The van der Waals surface area contributed by atoms with Crippen LogP contribution < -0.4 is 20.1 Å². The molecule has 9 nitrogen and oxygen atoms in total. The van der Waals surface area contributed by atoms with Crippen LogP contribution in [-0.4, -0.2) is 54.2 Å². The summed E-state index contributed by atoms with van der Waals surface area (Å²) in [5.74, 6) is -2.18. The van der Waals surface area contributed by atoms with Gasteiger partial charge in [-0.1, -0.05) is 0 Å². The summed E-state index contributed by atoms with van der Waals surface area (Å²) in [6.07, 6.45) is -0.327. The number of aliphatic hydroxyl groups excluding tert-OH is 1. The summed E-state index contributed by atoms with van der Waals surface area (Å²) >= 11 is 0. The number of likely N-dealkylation sites (N-methyl/N-ethyl adjacent to an activating group) is 1. The minimum Gasteiger partial charge on any atom is -0.454 e. The first-order valence-corrected chi connectivity index (χ1v) is 9.49. The predicted molar refractivity (Wildman–Crippen MR) is 109 cm³/mol. The number of hydrogen-bond acceptors (Lipinski definition) is 6. The molecule has 0 aromatic heterocycles. The van der Waals surface area contributed by atoms with Crippen LogP contribution in [0.3, 0.4) is 0 Å². The number of benzene rings is 2. The zero-order valence-corrected chi connectivity index (χ0v) is 17.0. The van der Waals surface area contributed by atoms with E-state index in [1.165, 1.54) is 25.2 Å². The maximum Gasteiger partial charge on any atom is 0.313 e. The number of fused-ring (bicyclic) bond motifs is 1. The van der Waals surface area contributed by atoms with Gasteiger partial charge in [0.05, 0.1) is 11.8 Å². The van der Waals surface area contributed by atoms with E-state index in [4.69, 9.17) is 9.47 Å². The zero-order chi connectivity index (χ0) is 22.5. The summed E-state index contributed by atoms with van der Waals surface area (Å²) < 4.78 is 24.6. The van der Waals surface area contributed by atoms with Crippen molar-refractivity contribution in [2.24, 2.45) is 0 Å². The van der Waals surface area contributed by atoms with Crippen molar-refractivity contribution >= 4 is 29.1 Å². The van der Waals surface area contributed by atoms with E-state index in [9.17, 15) is 23.9 Å². The van der Waals surface area contributed by atoms with E-state index in [2.05, 4.69) is 10.6 Å². The van der Waals surface area contributed by atoms with Gasteiger partial charge in [-0.15, -0.1) is 0 Å². The third kappa shape index (κ3) is 5.48. The molecule has 2 aromatic carbocycles. The normalized spacial score (nSPS) is 12.8. The molecule has 3 amide bonds. The summed E-state index contributed by atoms with van der Waals surface area (Å²) in [4.78, 5) is 37.9. The van der Waals surface area contributed by atoms with Gasteiger partial charge in [-0.25, -0.2) is 4.39 Å². The highest BCUT2D eigenvalue weighted by atomic mass is 19.1. The molecule has 31 heavy (non-hydrogen) atoms. The molecule has 10 heteroatoms. The fourth-order valence-corrected chi connectivity index (χ4v) is 2.77. The molecule has 0 saturated heterocycles. The molecule has 0 fully saturated rings. The number of halogens is 1. The van der Waals surface area contributed by atoms with Gasteiger partial charge in [0.2, 0.25) is 6.79 Å². The van der Waals surface area contributed by atoms with Crippen molar-refractivity contribution in [2.45, 2.75) is 19.4 Å². The number of hydrogen-bond donors (Lipinski definition) is 3. The third-order valence-electron chi connectivity index (χ3n) is 4.53. The number of amides is 3. The lowest BCUT2D eigenvalue weighted by Gasteiger charge is -2.17. The fourth-order valence-electron chi connectivity index (χ4n) is 2.77. The number of anilines is 2. The molecule has 0 bridgehead atoms. The average Bonchev–Trinajstić information content (AvgIpc) is 3.21. The number of rotatable bonds is 6. The molecule has 3 rings (SSSR count). The third-order valence-corrected chi connectivity index (χ3v) is 4.53. The van der Waals surface area contributed by atoms with Crippen LogP contribution in [0.1, 0.15) is 23.7 Å². The van der Waals surface area contributed by atoms with Gasteiger partial charge in [-0.2, -0.15) is 0 Å². The van der Waals surface area contributed by atoms with Crippen LogP contribution in [0.5, 0.6) is 11.5 Å². The Hall–Kier alpha value is -3.66. The lowest BCUT2D eigenvalue weighted by Crippen LogP contribution is -2.38. The van der Waals surface area contributed by atoms with Crippen LogP contribution in [-0.2, 0) is 9.59 Å². The molecule has 3 N–H and O–H groups in total. The van der Waals surface area contributed by atoms with Crippen LogP contribution in [0.15, 0.2) is 36.4 Å². The van der Waals surface area contributed by atoms with Crippen LogP contribution in [0.25, 0.3) is 0 Å². The van der Waals surface area contributed by atoms with E-state index in [1.54, 1.807) is 19.1 Å². The van der Waals surface area contributed by atoms with Crippen molar-refractivity contribution in [1.29, 1.82) is 0 Å². The quantitative estimate of drug-likeness (QED) is 0.602. The van der Waals surface area contributed by atoms with Crippen molar-refractivity contribution in [1.82, 2.24) is 4.90 Å². The summed E-state index contributed by atoms with van der Waals surface area (Å²) in [5.41, 5.74) is 0.258. The molecule has 0 unspecified atom stereocenters. The molecule has 1 atom stereocenters. The molecule has 1 aliphatic heterocycles. The molecule has 0 aliphatic carbocycles. The first kappa shape index (κ1) is 22.0. The first-order chi connectivity index (χ1) is 14.7. The number of nitrogens with zero attached hydrogens (tertiary/aromatic N) is 1.